The van der Waals surface area contributed by atoms with Crippen LogP contribution in [-0.4, -0.2) is 31.2 Å². The summed E-state index contributed by atoms with van der Waals surface area (Å²) in [4.78, 5) is 21.4. The molecule has 2 heterocycles. The zero-order valence-electron chi connectivity index (χ0n) is 17.5. The molecule has 7 heteroatoms. The maximum absolute atomic E-state index is 12.5. The second-order valence-electron chi connectivity index (χ2n) is 7.83. The number of aryl methyl sites for hydroxylation is 4. The van der Waals surface area contributed by atoms with Gasteiger partial charge < -0.3 is 5.32 Å². The highest BCUT2D eigenvalue weighted by atomic mass is 32.2. The Morgan fingerprint density at radius 3 is 2.72 bits per heavy atom. The molecule has 1 aromatic carbocycles. The van der Waals surface area contributed by atoms with Crippen molar-refractivity contribution in [2.75, 3.05) is 5.75 Å². The van der Waals surface area contributed by atoms with Gasteiger partial charge in [-0.05, 0) is 75.6 Å². The van der Waals surface area contributed by atoms with E-state index in [0.717, 1.165) is 23.4 Å². The Morgan fingerprint density at radius 1 is 1.17 bits per heavy atom. The summed E-state index contributed by atoms with van der Waals surface area (Å²) in [6, 6.07) is 6.61. The first-order chi connectivity index (χ1) is 13.9. The number of fused-ring (bicyclic) bond motifs is 2. The lowest BCUT2D eigenvalue weighted by Gasteiger charge is -2.20. The largest absolute Gasteiger partial charge is 0.349 e. The number of nitrogens with one attached hydrogen (secondary N) is 1. The smallest absolute Gasteiger partial charge is 0.253 e. The lowest BCUT2D eigenvalue weighted by Crippen LogP contribution is -2.28. The predicted octanol–water partition coefficient (Wildman–Crippen LogP) is 3.90. The Kier molecular flexibility index (Phi) is 5.58. The lowest BCUT2D eigenvalue weighted by atomic mass is 9.89. The number of hydrogen-bond donors (Lipinski definition) is 1. The number of hydrogen-bond acceptors (Lipinski definition) is 5. The molecule has 4 rings (SSSR count). The molecule has 1 aliphatic rings. The van der Waals surface area contributed by atoms with Crippen LogP contribution in [0.1, 0.15) is 59.4 Å². The van der Waals surface area contributed by atoms with Gasteiger partial charge in [-0.25, -0.2) is 9.50 Å². The van der Waals surface area contributed by atoms with Crippen molar-refractivity contribution < 1.29 is 4.79 Å². The zero-order chi connectivity index (χ0) is 20.5. The minimum Gasteiger partial charge on any atom is -0.349 e. The van der Waals surface area contributed by atoms with Crippen LogP contribution < -0.4 is 5.32 Å². The van der Waals surface area contributed by atoms with Gasteiger partial charge in [0.25, 0.3) is 5.78 Å². The maximum Gasteiger partial charge on any atom is 0.253 e. The van der Waals surface area contributed by atoms with Crippen molar-refractivity contribution >= 4 is 23.4 Å². The average molecular weight is 410 g/mol. The standard InChI is InChI=1S/C22H27N5OS/c1-13-14(2)24-21-25-22(26-27(21)16(13)4)29-12-20(28)23-15(3)18-10-9-17-7-5-6-8-19(17)11-18/h9-11,15H,5-8,12H2,1-4H3,(H,23,28)/t15-/m0/s1. The van der Waals surface area contributed by atoms with Crippen LogP contribution in [0.25, 0.3) is 5.78 Å². The molecule has 0 radical (unpaired) electrons. The molecule has 1 N–H and O–H groups in total. The minimum atomic E-state index is -0.0175. The number of thioether (sulfide) groups is 1. The number of carbonyl (C=O) groups excluding carboxylic acids is 1. The van der Waals surface area contributed by atoms with Crippen molar-refractivity contribution in [3.8, 4) is 0 Å². The Hall–Kier alpha value is -2.41. The van der Waals surface area contributed by atoms with Gasteiger partial charge in [0.15, 0.2) is 0 Å². The molecule has 0 saturated heterocycles. The molecule has 29 heavy (non-hydrogen) atoms. The van der Waals surface area contributed by atoms with Gasteiger partial charge in [-0.3, -0.25) is 4.79 Å². The molecule has 152 valence electrons. The molecule has 0 aliphatic heterocycles. The Morgan fingerprint density at radius 2 is 1.93 bits per heavy atom. The van der Waals surface area contributed by atoms with Gasteiger partial charge in [-0.15, -0.1) is 5.10 Å². The SMILES string of the molecule is Cc1nc2nc(SCC(=O)N[C@@H](C)c3ccc4c(c3)CCCC4)nn2c(C)c1C. The van der Waals surface area contributed by atoms with Crippen molar-refractivity contribution in [1.82, 2.24) is 24.9 Å². The summed E-state index contributed by atoms with van der Waals surface area (Å²) in [5.74, 6) is 0.843. The van der Waals surface area contributed by atoms with E-state index in [0.29, 0.717) is 10.9 Å². The third-order valence-corrected chi connectivity index (χ3v) is 6.66. The molecule has 6 nitrogen and oxygen atoms in total. The first-order valence-corrected chi connectivity index (χ1v) is 11.2. The van der Waals surface area contributed by atoms with E-state index in [4.69, 9.17) is 0 Å². The monoisotopic (exact) mass is 409 g/mol. The van der Waals surface area contributed by atoms with Crippen molar-refractivity contribution in [1.29, 1.82) is 0 Å². The molecule has 0 unspecified atom stereocenters. The van der Waals surface area contributed by atoms with Crippen molar-refractivity contribution in [2.45, 2.75) is 64.6 Å². The van der Waals surface area contributed by atoms with Crippen LogP contribution >= 0.6 is 11.8 Å². The van der Waals surface area contributed by atoms with Crippen LogP contribution in [0.5, 0.6) is 0 Å². The van der Waals surface area contributed by atoms with Gasteiger partial charge >= 0.3 is 0 Å². The topological polar surface area (TPSA) is 72.2 Å². The highest BCUT2D eigenvalue weighted by molar-refractivity contribution is 7.99. The van der Waals surface area contributed by atoms with Gasteiger partial charge in [0.1, 0.15) is 0 Å². The molecule has 2 aromatic heterocycles. The van der Waals surface area contributed by atoms with E-state index in [1.165, 1.54) is 47.7 Å². The van der Waals surface area contributed by atoms with Crippen molar-refractivity contribution in [2.24, 2.45) is 0 Å². The van der Waals surface area contributed by atoms with E-state index in [-0.39, 0.29) is 17.7 Å². The first kappa shape index (κ1) is 19.9. The number of amides is 1. The summed E-state index contributed by atoms with van der Waals surface area (Å²) in [5.41, 5.74) is 7.15. The number of benzene rings is 1. The summed E-state index contributed by atoms with van der Waals surface area (Å²) in [5, 5.41) is 8.17. The van der Waals surface area contributed by atoms with E-state index in [1.807, 2.05) is 27.7 Å². The fourth-order valence-electron chi connectivity index (χ4n) is 3.82. The summed E-state index contributed by atoms with van der Waals surface area (Å²) in [7, 11) is 0. The fraction of sp³-hybridized carbons (Fsp3) is 0.455. The van der Waals surface area contributed by atoms with E-state index >= 15 is 0 Å². The van der Waals surface area contributed by atoms with E-state index in [2.05, 4.69) is 38.6 Å². The lowest BCUT2D eigenvalue weighted by molar-refractivity contribution is -0.119. The van der Waals surface area contributed by atoms with Gasteiger partial charge in [0.05, 0.1) is 11.8 Å². The Labute approximate surface area is 175 Å². The number of aromatic nitrogens is 4. The van der Waals surface area contributed by atoms with Crippen LogP contribution in [0.2, 0.25) is 0 Å². The molecule has 1 atom stereocenters. The van der Waals surface area contributed by atoms with Crippen LogP contribution in [0.3, 0.4) is 0 Å². The maximum atomic E-state index is 12.5. The van der Waals surface area contributed by atoms with E-state index in [1.54, 1.807) is 4.52 Å². The molecule has 0 saturated carbocycles. The summed E-state index contributed by atoms with van der Waals surface area (Å²) in [6.45, 7) is 8.04. The molecule has 0 bridgehead atoms. The zero-order valence-corrected chi connectivity index (χ0v) is 18.3. The van der Waals surface area contributed by atoms with Crippen molar-refractivity contribution in [3.05, 3.63) is 51.8 Å². The first-order valence-electron chi connectivity index (χ1n) is 10.2. The highest BCUT2D eigenvalue weighted by Crippen LogP contribution is 2.25. The third kappa shape index (κ3) is 4.15. The molecular formula is C22H27N5OS. The minimum absolute atomic E-state index is 0.0152. The molecule has 1 aliphatic carbocycles. The summed E-state index contributed by atoms with van der Waals surface area (Å²) < 4.78 is 1.75. The van der Waals surface area contributed by atoms with Crippen LogP contribution in [0.15, 0.2) is 23.4 Å². The number of nitrogens with zero attached hydrogens (tertiary/aromatic N) is 4. The third-order valence-electron chi connectivity index (χ3n) is 5.82. The number of carbonyl (C=O) groups is 1. The molecule has 0 spiro atoms. The predicted molar refractivity (Wildman–Crippen MR) is 115 cm³/mol. The van der Waals surface area contributed by atoms with Gasteiger partial charge in [0, 0.05) is 11.4 Å². The van der Waals surface area contributed by atoms with Crippen LogP contribution in [0, 0.1) is 20.8 Å². The number of rotatable bonds is 5. The second kappa shape index (κ2) is 8.14. The van der Waals surface area contributed by atoms with Crippen LogP contribution in [0.4, 0.5) is 0 Å². The Balaban J connectivity index is 1.39. The normalized spacial score (nSPS) is 14.6. The average Bonchev–Trinajstić information content (AvgIpc) is 3.13. The Bertz CT molecular complexity index is 1070. The van der Waals surface area contributed by atoms with Gasteiger partial charge in [-0.2, -0.15) is 4.98 Å². The molecule has 3 aromatic rings. The summed E-state index contributed by atoms with van der Waals surface area (Å²) >= 11 is 1.34. The molecule has 0 fully saturated rings. The van der Waals surface area contributed by atoms with Crippen molar-refractivity contribution in [3.63, 3.8) is 0 Å². The van der Waals surface area contributed by atoms with Crippen LogP contribution in [-0.2, 0) is 17.6 Å². The quantitative estimate of drug-likeness (QED) is 0.647. The van der Waals surface area contributed by atoms with Gasteiger partial charge in [0.2, 0.25) is 11.1 Å². The highest BCUT2D eigenvalue weighted by Gasteiger charge is 2.16. The van der Waals surface area contributed by atoms with Gasteiger partial charge in [-0.1, -0.05) is 30.0 Å². The van der Waals surface area contributed by atoms with E-state index in [9.17, 15) is 4.79 Å². The summed E-state index contributed by atoms with van der Waals surface area (Å²) in [6.07, 6.45) is 4.85. The second-order valence-corrected chi connectivity index (χ2v) is 8.77. The molecular weight excluding hydrogens is 382 g/mol. The van der Waals surface area contributed by atoms with E-state index < -0.39 is 0 Å². The molecule has 1 amide bonds. The fourth-order valence-corrected chi connectivity index (χ4v) is 4.45.